The Labute approximate surface area is 135 Å². The van der Waals surface area contributed by atoms with Gasteiger partial charge in [0, 0.05) is 17.8 Å². The first-order valence-corrected chi connectivity index (χ1v) is 7.66. The molecular weight excluding hydrogens is 293 g/mol. The molecule has 1 atom stereocenters. The lowest BCUT2D eigenvalue weighted by Crippen LogP contribution is -2.32. The van der Waals surface area contributed by atoms with Gasteiger partial charge in [0.25, 0.3) is 5.91 Å². The van der Waals surface area contributed by atoms with Crippen LogP contribution < -0.4 is 5.32 Å². The highest BCUT2D eigenvalue weighted by Crippen LogP contribution is 2.19. The van der Waals surface area contributed by atoms with Gasteiger partial charge < -0.3 is 15.4 Å². The Kier molecular flexibility index (Phi) is 5.90. The number of nitrogens with one attached hydrogen (secondary N) is 1. The average molecular weight is 313 g/mol. The van der Waals surface area contributed by atoms with Crippen molar-refractivity contribution in [3.05, 3.63) is 48.0 Å². The minimum atomic E-state index is -1.52. The van der Waals surface area contributed by atoms with Gasteiger partial charge in [-0.25, -0.2) is 0 Å². The highest BCUT2D eigenvalue weighted by Gasteiger charge is 2.24. The predicted octanol–water partition coefficient (Wildman–Crippen LogP) is 1.78. The van der Waals surface area contributed by atoms with Gasteiger partial charge in [-0.05, 0) is 16.8 Å². The zero-order valence-corrected chi connectivity index (χ0v) is 13.0. The Morgan fingerprint density at radius 2 is 1.83 bits per heavy atom. The molecule has 0 aromatic heterocycles. The number of carbonyl (C=O) groups excluding carboxylic acids is 2. The molecule has 0 fully saturated rings. The van der Waals surface area contributed by atoms with Gasteiger partial charge in [-0.2, -0.15) is 0 Å². The Morgan fingerprint density at radius 1 is 1.13 bits per heavy atom. The van der Waals surface area contributed by atoms with Crippen molar-refractivity contribution in [2.75, 3.05) is 6.54 Å². The summed E-state index contributed by atoms with van der Waals surface area (Å²) in [5.41, 5.74) is 0.519. The Morgan fingerprint density at radius 3 is 2.52 bits per heavy atom. The molecule has 0 saturated carbocycles. The first-order chi connectivity index (χ1) is 11.0. The number of benzene rings is 2. The van der Waals surface area contributed by atoms with Crippen LogP contribution in [0.3, 0.4) is 0 Å². The van der Waals surface area contributed by atoms with E-state index in [1.807, 2.05) is 30.3 Å². The average Bonchev–Trinajstić information content (AvgIpc) is 2.56. The maximum absolute atomic E-state index is 12.3. The van der Waals surface area contributed by atoms with Crippen LogP contribution in [0.1, 0.15) is 30.1 Å². The quantitative estimate of drug-likeness (QED) is 0.680. The summed E-state index contributed by atoms with van der Waals surface area (Å²) in [4.78, 5) is 24.2. The Hall–Kier alpha value is -2.18. The molecule has 23 heavy (non-hydrogen) atoms. The molecule has 2 rings (SSSR count). The zero-order valence-electron chi connectivity index (χ0n) is 13.0. The van der Waals surface area contributed by atoms with Gasteiger partial charge in [0.1, 0.15) is 0 Å². The second-order valence-corrected chi connectivity index (χ2v) is 5.53. The first kappa shape index (κ1) is 17.2. The summed E-state index contributed by atoms with van der Waals surface area (Å²) < 4.78 is 0. The maximum Gasteiger partial charge on any atom is 0.455 e. The summed E-state index contributed by atoms with van der Waals surface area (Å²) in [6.45, 7) is 1.66. The monoisotopic (exact) mass is 313 g/mol. The number of ketones is 1. The van der Waals surface area contributed by atoms with E-state index >= 15 is 0 Å². The number of carbonyl (C=O) groups is 2. The lowest BCUT2D eigenvalue weighted by molar-refractivity contribution is -0.118. The van der Waals surface area contributed by atoms with E-state index in [2.05, 4.69) is 5.32 Å². The fourth-order valence-corrected chi connectivity index (χ4v) is 2.52. The third-order valence-electron chi connectivity index (χ3n) is 3.92. The molecule has 5 nitrogen and oxygen atoms in total. The summed E-state index contributed by atoms with van der Waals surface area (Å²) in [5.74, 6) is -1.04. The van der Waals surface area contributed by atoms with Crippen LogP contribution in [0, 0.1) is 0 Å². The van der Waals surface area contributed by atoms with Gasteiger partial charge in [0.15, 0.2) is 5.78 Å². The number of hydrogen-bond acceptors (Lipinski definition) is 4. The van der Waals surface area contributed by atoms with E-state index in [9.17, 15) is 9.59 Å². The van der Waals surface area contributed by atoms with Gasteiger partial charge in [0.05, 0.1) is 6.54 Å². The van der Waals surface area contributed by atoms with Crippen molar-refractivity contribution in [2.45, 2.75) is 25.6 Å². The molecule has 1 amide bonds. The number of amides is 1. The smallest absolute Gasteiger partial charge is 0.427 e. The largest absolute Gasteiger partial charge is 0.455 e. The molecule has 0 aliphatic rings. The third kappa shape index (κ3) is 4.40. The fraction of sp³-hybridized carbons (Fsp3) is 0.294. The minimum Gasteiger partial charge on any atom is -0.427 e. The van der Waals surface area contributed by atoms with Gasteiger partial charge in [0.2, 0.25) is 0 Å². The van der Waals surface area contributed by atoms with E-state index in [4.69, 9.17) is 10.0 Å². The van der Waals surface area contributed by atoms with Crippen LogP contribution >= 0.6 is 0 Å². The summed E-state index contributed by atoms with van der Waals surface area (Å²) in [5, 5.41) is 22.7. The van der Waals surface area contributed by atoms with Crippen LogP contribution in [0.2, 0.25) is 5.82 Å². The summed E-state index contributed by atoms with van der Waals surface area (Å²) in [7, 11) is -1.52. The second kappa shape index (κ2) is 7.90. The minimum absolute atomic E-state index is 0.0317. The SMILES string of the molecule is CC[C@H](CC(=O)CNC(=O)c1cccc2ccccc12)B(O)O. The normalized spacial score (nSPS) is 12.0. The standard InChI is InChI=1S/C17H20BNO4/c1-2-13(18(22)23)10-14(20)11-19-17(21)16-9-5-7-12-6-3-4-8-15(12)16/h3-9,13,22-23H,2,10-11H2,1H3,(H,19,21)/t13-/m1/s1. The fourth-order valence-electron chi connectivity index (χ4n) is 2.52. The van der Waals surface area contributed by atoms with Crippen LogP contribution in [0.15, 0.2) is 42.5 Å². The van der Waals surface area contributed by atoms with Crippen LogP contribution in [-0.2, 0) is 4.79 Å². The molecule has 2 aromatic rings. The van der Waals surface area contributed by atoms with Crippen molar-refractivity contribution in [1.29, 1.82) is 0 Å². The van der Waals surface area contributed by atoms with E-state index in [0.29, 0.717) is 12.0 Å². The molecule has 0 saturated heterocycles. The molecule has 0 heterocycles. The Bertz CT molecular complexity index is 697. The van der Waals surface area contributed by atoms with E-state index < -0.39 is 12.9 Å². The molecule has 6 heteroatoms. The third-order valence-corrected chi connectivity index (χ3v) is 3.92. The molecular formula is C17H20BNO4. The van der Waals surface area contributed by atoms with Gasteiger partial charge in [-0.1, -0.05) is 49.7 Å². The topological polar surface area (TPSA) is 86.6 Å². The molecule has 0 unspecified atom stereocenters. The van der Waals surface area contributed by atoms with Crippen LogP contribution in [0.5, 0.6) is 0 Å². The van der Waals surface area contributed by atoms with Crippen molar-refractivity contribution >= 4 is 29.6 Å². The van der Waals surface area contributed by atoms with Gasteiger partial charge >= 0.3 is 7.12 Å². The van der Waals surface area contributed by atoms with Crippen molar-refractivity contribution in [2.24, 2.45) is 0 Å². The maximum atomic E-state index is 12.3. The van der Waals surface area contributed by atoms with Crippen molar-refractivity contribution in [3.63, 3.8) is 0 Å². The van der Waals surface area contributed by atoms with Crippen LogP contribution in [-0.4, -0.2) is 35.4 Å². The van der Waals surface area contributed by atoms with E-state index in [1.54, 1.807) is 19.1 Å². The van der Waals surface area contributed by atoms with Crippen LogP contribution in [0.25, 0.3) is 10.8 Å². The highest BCUT2D eigenvalue weighted by molar-refractivity contribution is 6.43. The first-order valence-electron chi connectivity index (χ1n) is 7.66. The zero-order chi connectivity index (χ0) is 16.8. The summed E-state index contributed by atoms with van der Waals surface area (Å²) >= 11 is 0. The second-order valence-electron chi connectivity index (χ2n) is 5.53. The predicted molar refractivity (Wildman–Crippen MR) is 90.1 cm³/mol. The molecule has 120 valence electrons. The molecule has 0 aliphatic heterocycles. The van der Waals surface area contributed by atoms with Gasteiger partial charge in [-0.3, -0.25) is 9.59 Å². The highest BCUT2D eigenvalue weighted by atomic mass is 16.4. The van der Waals surface area contributed by atoms with Crippen molar-refractivity contribution in [3.8, 4) is 0 Å². The van der Waals surface area contributed by atoms with E-state index in [0.717, 1.165) is 10.8 Å². The van der Waals surface area contributed by atoms with Crippen molar-refractivity contribution in [1.82, 2.24) is 5.32 Å². The number of Topliss-reactive ketones (excluding diaryl/α,β-unsaturated/α-hetero) is 1. The molecule has 3 N–H and O–H groups in total. The summed E-state index contributed by atoms with van der Waals surface area (Å²) in [6, 6.07) is 13.0. The number of rotatable bonds is 7. The lowest BCUT2D eigenvalue weighted by Gasteiger charge is -2.13. The number of fused-ring (bicyclic) bond motifs is 1. The molecule has 0 aliphatic carbocycles. The Balaban J connectivity index is 2.00. The lowest BCUT2D eigenvalue weighted by atomic mass is 9.68. The summed E-state index contributed by atoms with van der Waals surface area (Å²) in [6.07, 6.45) is 0.519. The van der Waals surface area contributed by atoms with Crippen molar-refractivity contribution < 1.29 is 19.6 Å². The molecule has 0 spiro atoms. The van der Waals surface area contributed by atoms with E-state index in [1.165, 1.54) is 0 Å². The number of hydrogen-bond donors (Lipinski definition) is 3. The molecule has 0 radical (unpaired) electrons. The molecule has 2 aromatic carbocycles. The molecule has 0 bridgehead atoms. The van der Waals surface area contributed by atoms with Gasteiger partial charge in [-0.15, -0.1) is 0 Å². The van der Waals surface area contributed by atoms with Crippen LogP contribution in [0.4, 0.5) is 0 Å². The van der Waals surface area contributed by atoms with E-state index in [-0.39, 0.29) is 24.7 Å².